The number of methoxy groups -OCH3 is 1. The highest BCUT2D eigenvalue weighted by Gasteiger charge is 2.23. The molecule has 21 heavy (non-hydrogen) atoms. The van der Waals surface area contributed by atoms with Crippen LogP contribution >= 0.6 is 0 Å². The molecule has 0 radical (unpaired) electrons. The van der Waals surface area contributed by atoms with Gasteiger partial charge in [-0.15, -0.1) is 0 Å². The normalized spacial score (nSPS) is 11.3. The van der Waals surface area contributed by atoms with Gasteiger partial charge >= 0.3 is 18.0 Å². The van der Waals surface area contributed by atoms with Crippen LogP contribution < -0.4 is 5.32 Å². The van der Waals surface area contributed by atoms with Crippen molar-refractivity contribution in [3.63, 3.8) is 0 Å². The van der Waals surface area contributed by atoms with Gasteiger partial charge in [-0.05, 0) is 5.56 Å². The fraction of sp³-hybridized carbons (Fsp3) is 0.357. The molecule has 7 heteroatoms. The number of nitrogens with zero attached hydrogens (tertiary/aromatic N) is 1. The molecular formula is C14H18N2O5. The van der Waals surface area contributed by atoms with Gasteiger partial charge in [0.1, 0.15) is 0 Å². The summed E-state index contributed by atoms with van der Waals surface area (Å²) in [5, 5.41) is 11.6. The minimum atomic E-state index is -1.16. The van der Waals surface area contributed by atoms with Crippen LogP contribution in [0.3, 0.4) is 0 Å². The molecule has 0 saturated heterocycles. The van der Waals surface area contributed by atoms with Crippen LogP contribution in [0.15, 0.2) is 30.3 Å². The second-order valence-electron chi connectivity index (χ2n) is 4.38. The zero-order valence-corrected chi connectivity index (χ0v) is 11.9. The Bertz CT molecular complexity index is 503. The third kappa shape index (κ3) is 5.13. The maximum atomic E-state index is 11.9. The number of esters is 1. The summed E-state index contributed by atoms with van der Waals surface area (Å²) in [6, 6.07) is 6.67. The quantitative estimate of drug-likeness (QED) is 0.764. The summed E-state index contributed by atoms with van der Waals surface area (Å²) in [5.41, 5.74) is 0.472. The van der Waals surface area contributed by atoms with Gasteiger partial charge in [-0.2, -0.15) is 0 Å². The van der Waals surface area contributed by atoms with Crippen LogP contribution in [-0.2, 0) is 14.3 Å². The lowest BCUT2D eigenvalue weighted by molar-refractivity contribution is -0.141. The Morgan fingerprint density at radius 2 is 1.90 bits per heavy atom. The van der Waals surface area contributed by atoms with Gasteiger partial charge in [-0.25, -0.2) is 9.59 Å². The second-order valence-corrected chi connectivity index (χ2v) is 4.38. The van der Waals surface area contributed by atoms with Crippen LogP contribution in [0.5, 0.6) is 0 Å². The molecule has 114 valence electrons. The molecule has 1 aromatic carbocycles. The van der Waals surface area contributed by atoms with E-state index in [4.69, 9.17) is 0 Å². The summed E-state index contributed by atoms with van der Waals surface area (Å²) in [6.45, 7) is 0.139. The fourth-order valence-corrected chi connectivity index (χ4v) is 1.63. The molecule has 0 heterocycles. The van der Waals surface area contributed by atoms with E-state index in [0.717, 1.165) is 0 Å². The third-order valence-electron chi connectivity index (χ3n) is 2.87. The molecular weight excluding hydrogens is 276 g/mol. The maximum Gasteiger partial charge on any atom is 0.330 e. The number of carboxylic acids is 1. The zero-order chi connectivity index (χ0) is 15.8. The molecule has 1 atom stereocenters. The molecule has 0 spiro atoms. The van der Waals surface area contributed by atoms with Crippen molar-refractivity contribution in [2.75, 3.05) is 20.7 Å². The molecule has 0 aliphatic rings. The van der Waals surface area contributed by atoms with Crippen LogP contribution in [0.4, 0.5) is 4.79 Å². The number of hydrogen-bond acceptors (Lipinski definition) is 4. The molecule has 1 unspecified atom stereocenters. The van der Waals surface area contributed by atoms with Crippen molar-refractivity contribution in [2.24, 2.45) is 0 Å². The summed E-state index contributed by atoms with van der Waals surface area (Å²) in [7, 11) is 2.74. The summed E-state index contributed by atoms with van der Waals surface area (Å²) in [5.74, 6) is -1.59. The lowest BCUT2D eigenvalue weighted by atomic mass is 10.1. The third-order valence-corrected chi connectivity index (χ3v) is 2.87. The summed E-state index contributed by atoms with van der Waals surface area (Å²) in [6.07, 6.45) is 0.0451. The van der Waals surface area contributed by atoms with Gasteiger partial charge in [0.2, 0.25) is 0 Å². The summed E-state index contributed by atoms with van der Waals surface area (Å²) in [4.78, 5) is 35.4. The smallest absolute Gasteiger partial charge is 0.330 e. The van der Waals surface area contributed by atoms with E-state index in [1.165, 1.54) is 19.1 Å². The SMILES string of the molecule is COC(=O)CCN(C)C(=O)NC(C(=O)O)c1ccccc1. The van der Waals surface area contributed by atoms with Gasteiger partial charge in [-0.1, -0.05) is 30.3 Å². The fourth-order valence-electron chi connectivity index (χ4n) is 1.63. The predicted molar refractivity (Wildman–Crippen MR) is 74.6 cm³/mol. The number of nitrogens with one attached hydrogen (secondary N) is 1. The van der Waals surface area contributed by atoms with Crippen molar-refractivity contribution in [1.82, 2.24) is 10.2 Å². The van der Waals surface area contributed by atoms with Crippen LogP contribution in [-0.4, -0.2) is 48.7 Å². The van der Waals surface area contributed by atoms with Crippen LogP contribution in [0.2, 0.25) is 0 Å². The Morgan fingerprint density at radius 3 is 2.43 bits per heavy atom. The van der Waals surface area contributed by atoms with Gasteiger partial charge < -0.3 is 20.1 Å². The summed E-state index contributed by atoms with van der Waals surface area (Å²) >= 11 is 0. The zero-order valence-electron chi connectivity index (χ0n) is 11.9. The lowest BCUT2D eigenvalue weighted by Gasteiger charge is -2.21. The van der Waals surface area contributed by atoms with Crippen LogP contribution in [0.25, 0.3) is 0 Å². The van der Waals surface area contributed by atoms with E-state index < -0.39 is 24.0 Å². The maximum absolute atomic E-state index is 11.9. The Balaban J connectivity index is 2.65. The lowest BCUT2D eigenvalue weighted by Crippen LogP contribution is -2.42. The first-order valence-electron chi connectivity index (χ1n) is 6.32. The average Bonchev–Trinajstić information content (AvgIpc) is 2.49. The van der Waals surface area contributed by atoms with Gasteiger partial charge in [0, 0.05) is 13.6 Å². The Morgan fingerprint density at radius 1 is 1.29 bits per heavy atom. The van der Waals surface area contributed by atoms with Crippen molar-refractivity contribution in [3.8, 4) is 0 Å². The largest absolute Gasteiger partial charge is 0.479 e. The molecule has 0 aliphatic heterocycles. The number of hydrogen-bond donors (Lipinski definition) is 2. The Kier molecular flexibility index (Phi) is 6.19. The highest BCUT2D eigenvalue weighted by molar-refractivity contribution is 5.83. The van der Waals surface area contributed by atoms with E-state index in [1.807, 2.05) is 0 Å². The highest BCUT2D eigenvalue weighted by atomic mass is 16.5. The molecule has 7 nitrogen and oxygen atoms in total. The number of carboxylic acid groups (broad SMARTS) is 1. The number of amides is 2. The summed E-state index contributed by atoms with van der Waals surface area (Å²) < 4.78 is 4.48. The van der Waals surface area contributed by atoms with E-state index in [9.17, 15) is 19.5 Å². The molecule has 2 N–H and O–H groups in total. The van der Waals surface area contributed by atoms with Crippen LogP contribution in [0.1, 0.15) is 18.0 Å². The van der Waals surface area contributed by atoms with Crippen molar-refractivity contribution < 1.29 is 24.2 Å². The van der Waals surface area contributed by atoms with Crippen molar-refractivity contribution in [2.45, 2.75) is 12.5 Å². The standard InChI is InChI=1S/C14H18N2O5/c1-16(9-8-11(17)21-2)14(20)15-12(13(18)19)10-6-4-3-5-7-10/h3-7,12H,8-9H2,1-2H3,(H,15,20)(H,18,19). The first-order chi connectivity index (χ1) is 9.95. The molecule has 0 saturated carbocycles. The molecule has 0 bridgehead atoms. The minimum Gasteiger partial charge on any atom is -0.479 e. The average molecular weight is 294 g/mol. The van der Waals surface area contributed by atoms with Crippen molar-refractivity contribution >= 4 is 18.0 Å². The number of ether oxygens (including phenoxy) is 1. The van der Waals surface area contributed by atoms with Gasteiger partial charge in [-0.3, -0.25) is 4.79 Å². The number of benzene rings is 1. The van der Waals surface area contributed by atoms with Gasteiger partial charge in [0.25, 0.3) is 0 Å². The number of rotatable bonds is 6. The Labute approximate surface area is 122 Å². The molecule has 0 fully saturated rings. The first kappa shape index (κ1) is 16.5. The topological polar surface area (TPSA) is 95.9 Å². The van der Waals surface area contributed by atoms with E-state index in [-0.39, 0.29) is 13.0 Å². The van der Waals surface area contributed by atoms with Gasteiger partial charge in [0.15, 0.2) is 6.04 Å². The van der Waals surface area contributed by atoms with E-state index in [1.54, 1.807) is 30.3 Å². The monoisotopic (exact) mass is 294 g/mol. The van der Waals surface area contributed by atoms with Crippen molar-refractivity contribution in [3.05, 3.63) is 35.9 Å². The first-order valence-corrected chi connectivity index (χ1v) is 6.32. The molecule has 1 aromatic rings. The second kappa shape index (κ2) is 7.88. The highest BCUT2D eigenvalue weighted by Crippen LogP contribution is 2.13. The number of urea groups is 1. The minimum absolute atomic E-state index is 0.0451. The predicted octanol–water partition coefficient (Wildman–Crippen LogP) is 1.02. The Hall–Kier alpha value is -2.57. The molecule has 0 aliphatic carbocycles. The number of aliphatic carboxylic acids is 1. The van der Waals surface area contributed by atoms with E-state index in [2.05, 4.69) is 10.1 Å². The van der Waals surface area contributed by atoms with E-state index >= 15 is 0 Å². The number of carbonyl (C=O) groups is 3. The molecule has 1 rings (SSSR count). The molecule has 0 aromatic heterocycles. The van der Waals surface area contributed by atoms with Crippen molar-refractivity contribution in [1.29, 1.82) is 0 Å². The number of carbonyl (C=O) groups excluding carboxylic acids is 2. The molecule has 2 amide bonds. The van der Waals surface area contributed by atoms with Crippen LogP contribution in [0, 0.1) is 0 Å². The van der Waals surface area contributed by atoms with Gasteiger partial charge in [0.05, 0.1) is 13.5 Å². The van der Waals surface area contributed by atoms with E-state index in [0.29, 0.717) is 5.56 Å².